The predicted octanol–water partition coefficient (Wildman–Crippen LogP) is 4.62. The molecule has 102 valence electrons. The van der Waals surface area contributed by atoms with E-state index in [0.29, 0.717) is 6.04 Å². The van der Waals surface area contributed by atoms with E-state index in [1.807, 2.05) is 42.5 Å². The van der Waals surface area contributed by atoms with E-state index in [9.17, 15) is 0 Å². The van der Waals surface area contributed by atoms with Gasteiger partial charge in [-0.25, -0.2) is 4.99 Å². The van der Waals surface area contributed by atoms with Crippen LogP contribution in [0.5, 0.6) is 0 Å². The van der Waals surface area contributed by atoms with Crippen LogP contribution in [0.25, 0.3) is 11.5 Å². The summed E-state index contributed by atoms with van der Waals surface area (Å²) in [7, 11) is 0. The molecule has 0 unspecified atom stereocenters. The zero-order chi connectivity index (χ0) is 13.9. The Morgan fingerprint density at radius 3 is 2.55 bits per heavy atom. The van der Waals surface area contributed by atoms with Gasteiger partial charge in [0.05, 0.1) is 17.6 Å². The van der Waals surface area contributed by atoms with E-state index in [0.717, 1.165) is 21.9 Å². The zero-order valence-electron chi connectivity index (χ0n) is 11.5. The van der Waals surface area contributed by atoms with E-state index in [2.05, 4.69) is 23.8 Å². The fraction of sp³-hybridized carbons (Fsp3) is 0.188. The zero-order valence-corrected chi connectivity index (χ0v) is 12.3. The summed E-state index contributed by atoms with van der Waals surface area (Å²) in [4.78, 5) is 5.72. The maximum atomic E-state index is 5.52. The number of nitrogens with zero attached hydrogens (tertiary/aromatic N) is 2. The van der Waals surface area contributed by atoms with Crippen molar-refractivity contribution < 1.29 is 4.42 Å². The maximum absolute atomic E-state index is 5.52. The van der Waals surface area contributed by atoms with Gasteiger partial charge in [0.15, 0.2) is 10.6 Å². The second kappa shape index (κ2) is 5.51. The Bertz CT molecular complexity index is 736. The first-order valence-corrected chi connectivity index (χ1v) is 7.47. The van der Waals surface area contributed by atoms with Crippen LogP contribution >= 0.6 is 11.3 Å². The SMILES string of the molecule is CC(C)n1c(-c2ccco2)csc1=Nc1ccccc1. The minimum absolute atomic E-state index is 0.323. The van der Waals surface area contributed by atoms with Gasteiger partial charge in [0.25, 0.3) is 0 Å². The van der Waals surface area contributed by atoms with Crippen LogP contribution in [-0.2, 0) is 0 Å². The van der Waals surface area contributed by atoms with Crippen molar-refractivity contribution in [1.82, 2.24) is 4.57 Å². The smallest absolute Gasteiger partial charge is 0.190 e. The molecule has 0 amide bonds. The molecule has 1 aromatic carbocycles. The number of furan rings is 1. The van der Waals surface area contributed by atoms with E-state index in [1.165, 1.54) is 0 Å². The van der Waals surface area contributed by atoms with Crippen molar-refractivity contribution in [2.45, 2.75) is 19.9 Å². The van der Waals surface area contributed by atoms with Crippen molar-refractivity contribution in [3.05, 3.63) is 58.9 Å². The molecular weight excluding hydrogens is 268 g/mol. The lowest BCUT2D eigenvalue weighted by atomic mass is 10.3. The third kappa shape index (κ3) is 2.47. The number of hydrogen-bond acceptors (Lipinski definition) is 3. The predicted molar refractivity (Wildman–Crippen MR) is 82.1 cm³/mol. The van der Waals surface area contributed by atoms with Crippen LogP contribution in [0.3, 0.4) is 0 Å². The third-order valence-corrected chi connectivity index (χ3v) is 3.85. The number of aromatic nitrogens is 1. The number of rotatable bonds is 3. The van der Waals surface area contributed by atoms with Crippen molar-refractivity contribution in [2.24, 2.45) is 4.99 Å². The van der Waals surface area contributed by atoms with Gasteiger partial charge in [0.2, 0.25) is 0 Å². The molecule has 0 radical (unpaired) electrons. The molecule has 0 aliphatic rings. The molecule has 0 saturated heterocycles. The van der Waals surface area contributed by atoms with Gasteiger partial charge in [-0.2, -0.15) is 0 Å². The minimum atomic E-state index is 0.323. The molecule has 0 N–H and O–H groups in total. The van der Waals surface area contributed by atoms with Crippen LogP contribution in [0.1, 0.15) is 19.9 Å². The standard InChI is InChI=1S/C16H16N2OS/c1-12(2)18-14(15-9-6-10-19-15)11-20-16(18)17-13-7-4-3-5-8-13/h3-12H,1-2H3. The van der Waals surface area contributed by atoms with Gasteiger partial charge < -0.3 is 8.98 Å². The van der Waals surface area contributed by atoms with Crippen LogP contribution in [-0.4, -0.2) is 4.57 Å². The van der Waals surface area contributed by atoms with Crippen LogP contribution in [0.15, 0.2) is 63.5 Å². The third-order valence-electron chi connectivity index (χ3n) is 3.01. The second-order valence-corrected chi connectivity index (χ2v) is 5.63. The summed E-state index contributed by atoms with van der Waals surface area (Å²) < 4.78 is 7.72. The highest BCUT2D eigenvalue weighted by molar-refractivity contribution is 7.07. The Kier molecular flexibility index (Phi) is 3.56. The van der Waals surface area contributed by atoms with Gasteiger partial charge in [-0.1, -0.05) is 18.2 Å². The molecule has 3 rings (SSSR count). The molecule has 2 aromatic heterocycles. The molecule has 4 heteroatoms. The fourth-order valence-corrected chi connectivity index (χ4v) is 3.15. The lowest BCUT2D eigenvalue weighted by Gasteiger charge is -2.10. The molecule has 0 atom stereocenters. The number of hydrogen-bond donors (Lipinski definition) is 0. The Hall–Kier alpha value is -2.07. The molecule has 3 aromatic rings. The van der Waals surface area contributed by atoms with Crippen molar-refractivity contribution in [2.75, 3.05) is 0 Å². The summed E-state index contributed by atoms with van der Waals surface area (Å²) in [5.41, 5.74) is 2.04. The number of benzene rings is 1. The highest BCUT2D eigenvalue weighted by Gasteiger charge is 2.12. The Morgan fingerprint density at radius 1 is 1.10 bits per heavy atom. The van der Waals surface area contributed by atoms with Gasteiger partial charge in [-0.3, -0.25) is 0 Å². The Labute approximate surface area is 121 Å². The van der Waals surface area contributed by atoms with Gasteiger partial charge >= 0.3 is 0 Å². The fourth-order valence-electron chi connectivity index (χ4n) is 2.12. The molecule has 0 aliphatic carbocycles. The molecule has 20 heavy (non-hydrogen) atoms. The molecule has 3 nitrogen and oxygen atoms in total. The highest BCUT2D eigenvalue weighted by Crippen LogP contribution is 2.24. The lowest BCUT2D eigenvalue weighted by Crippen LogP contribution is -2.17. The summed E-state index contributed by atoms with van der Waals surface area (Å²) in [6, 6.07) is 14.2. The number of para-hydroxylation sites is 1. The lowest BCUT2D eigenvalue weighted by molar-refractivity contribution is 0.548. The van der Waals surface area contributed by atoms with E-state index in [-0.39, 0.29) is 0 Å². The Balaban J connectivity index is 2.16. The monoisotopic (exact) mass is 284 g/mol. The first kappa shape index (κ1) is 12.9. The molecule has 2 heterocycles. The number of thiazole rings is 1. The summed E-state index contributed by atoms with van der Waals surface area (Å²) in [6.07, 6.45) is 1.70. The summed E-state index contributed by atoms with van der Waals surface area (Å²) in [6.45, 7) is 4.31. The largest absolute Gasteiger partial charge is 0.463 e. The summed E-state index contributed by atoms with van der Waals surface area (Å²) in [5.74, 6) is 0.879. The van der Waals surface area contributed by atoms with Crippen LogP contribution in [0.2, 0.25) is 0 Å². The van der Waals surface area contributed by atoms with Gasteiger partial charge in [0.1, 0.15) is 0 Å². The van der Waals surface area contributed by atoms with E-state index >= 15 is 0 Å². The average Bonchev–Trinajstić information content (AvgIpc) is 3.08. The van der Waals surface area contributed by atoms with Crippen LogP contribution in [0, 0.1) is 0 Å². The van der Waals surface area contributed by atoms with Crippen molar-refractivity contribution >= 4 is 17.0 Å². The van der Waals surface area contributed by atoms with E-state index in [4.69, 9.17) is 9.41 Å². The quantitative estimate of drug-likeness (QED) is 0.690. The first-order valence-electron chi connectivity index (χ1n) is 6.59. The minimum Gasteiger partial charge on any atom is -0.463 e. The molecular formula is C16H16N2OS. The normalized spacial score (nSPS) is 12.2. The van der Waals surface area contributed by atoms with Crippen molar-refractivity contribution in [1.29, 1.82) is 0 Å². The molecule has 0 aliphatic heterocycles. The maximum Gasteiger partial charge on any atom is 0.190 e. The summed E-state index contributed by atoms with van der Waals surface area (Å²) >= 11 is 1.63. The van der Waals surface area contributed by atoms with Crippen molar-refractivity contribution in [3.63, 3.8) is 0 Å². The average molecular weight is 284 g/mol. The van der Waals surface area contributed by atoms with Crippen LogP contribution < -0.4 is 4.80 Å². The molecule has 0 saturated carbocycles. The first-order chi connectivity index (χ1) is 9.75. The highest BCUT2D eigenvalue weighted by atomic mass is 32.1. The molecule has 0 fully saturated rings. The van der Waals surface area contributed by atoms with Gasteiger partial charge in [-0.05, 0) is 38.1 Å². The van der Waals surface area contributed by atoms with Gasteiger partial charge in [0, 0.05) is 11.4 Å². The van der Waals surface area contributed by atoms with E-state index in [1.54, 1.807) is 17.6 Å². The van der Waals surface area contributed by atoms with Crippen molar-refractivity contribution in [3.8, 4) is 11.5 Å². The topological polar surface area (TPSA) is 30.4 Å². The van der Waals surface area contributed by atoms with E-state index < -0.39 is 0 Å². The van der Waals surface area contributed by atoms with Gasteiger partial charge in [-0.15, -0.1) is 11.3 Å². The second-order valence-electron chi connectivity index (χ2n) is 4.79. The molecule has 0 spiro atoms. The Morgan fingerprint density at radius 2 is 1.90 bits per heavy atom. The van der Waals surface area contributed by atoms with Crippen LogP contribution in [0.4, 0.5) is 5.69 Å². The summed E-state index contributed by atoms with van der Waals surface area (Å²) in [5, 5.41) is 2.10. The molecule has 0 bridgehead atoms.